The summed E-state index contributed by atoms with van der Waals surface area (Å²) in [7, 11) is 0. The molecule has 0 aliphatic heterocycles. The topological polar surface area (TPSA) is 0 Å². The summed E-state index contributed by atoms with van der Waals surface area (Å²) in [5, 5.41) is 0. The molecule has 0 aliphatic carbocycles. The molecule has 0 aromatic carbocycles. The van der Waals surface area contributed by atoms with E-state index in [1.165, 1.54) is 141 Å². The minimum atomic E-state index is 0.601. The molecule has 0 spiro atoms. The molecule has 0 nitrogen and oxygen atoms in total. The van der Waals surface area contributed by atoms with Crippen molar-refractivity contribution in [2.24, 2.45) is 21.7 Å². The zero-order valence-corrected chi connectivity index (χ0v) is 37.6. The maximum atomic E-state index is 2.36. The van der Waals surface area contributed by atoms with Crippen LogP contribution in [-0.4, -0.2) is 0 Å². The van der Waals surface area contributed by atoms with E-state index >= 15 is 0 Å². The van der Waals surface area contributed by atoms with Crippen LogP contribution >= 0.6 is 0 Å². The third-order valence-electron chi connectivity index (χ3n) is 8.83. The van der Waals surface area contributed by atoms with Crippen LogP contribution in [0.4, 0.5) is 0 Å². The summed E-state index contributed by atoms with van der Waals surface area (Å²) in [6, 6.07) is 0. The van der Waals surface area contributed by atoms with Gasteiger partial charge < -0.3 is 0 Å². The van der Waals surface area contributed by atoms with E-state index < -0.39 is 0 Å². The zero-order chi connectivity index (χ0) is 37.6. The number of unbranched alkanes of at least 4 members (excludes halogenated alkanes) is 4. The molecule has 0 bridgehead atoms. The predicted molar refractivity (Wildman–Crippen MR) is 225 cm³/mol. The van der Waals surface area contributed by atoms with Gasteiger partial charge in [0.1, 0.15) is 0 Å². The quantitative estimate of drug-likeness (QED) is 0.122. The minimum Gasteiger partial charge on any atom is -0.0654 e. The lowest BCUT2D eigenvalue weighted by molar-refractivity contribution is 0.301. The van der Waals surface area contributed by atoms with Gasteiger partial charge in [-0.25, -0.2) is 0 Å². The fourth-order valence-electron chi connectivity index (χ4n) is 6.62. The average molecular weight is 657 g/mol. The number of hydrogen-bond donors (Lipinski definition) is 0. The highest BCUT2D eigenvalue weighted by Gasteiger charge is 2.15. The molecule has 0 aliphatic rings. The molecule has 46 heavy (non-hydrogen) atoms. The van der Waals surface area contributed by atoms with Crippen LogP contribution in [0.25, 0.3) is 0 Å². The summed E-state index contributed by atoms with van der Waals surface area (Å²) >= 11 is 0. The Morgan fingerprint density at radius 1 is 0.196 bits per heavy atom. The van der Waals surface area contributed by atoms with Gasteiger partial charge in [-0.3, -0.25) is 0 Å². The third-order valence-corrected chi connectivity index (χ3v) is 8.83. The smallest absolute Gasteiger partial charge is 0.0354 e. The van der Waals surface area contributed by atoms with Crippen molar-refractivity contribution in [1.29, 1.82) is 0 Å². The van der Waals surface area contributed by atoms with E-state index in [-0.39, 0.29) is 0 Å². The Labute approximate surface area is 300 Å². The molecule has 0 radical (unpaired) electrons. The van der Waals surface area contributed by atoms with E-state index in [4.69, 9.17) is 0 Å². The molecule has 0 heteroatoms. The van der Waals surface area contributed by atoms with E-state index in [0.717, 1.165) is 0 Å². The fourth-order valence-corrected chi connectivity index (χ4v) is 6.62. The van der Waals surface area contributed by atoms with Gasteiger partial charge in [-0.2, -0.15) is 0 Å². The fraction of sp³-hybridized carbons (Fsp3) is 1.00. The largest absolute Gasteiger partial charge is 0.0654 e. The van der Waals surface area contributed by atoms with Crippen molar-refractivity contribution < 1.29 is 0 Å². The summed E-state index contributed by atoms with van der Waals surface area (Å²) < 4.78 is 0. The second-order valence-electron chi connectivity index (χ2n) is 17.4. The van der Waals surface area contributed by atoms with Crippen molar-refractivity contribution in [1.82, 2.24) is 0 Å². The molecule has 0 aromatic rings. The Kier molecular flexibility index (Phi) is 52.1. The Morgan fingerprint density at radius 2 is 0.304 bits per heavy atom. The first-order chi connectivity index (χ1) is 21.3. The van der Waals surface area contributed by atoms with Gasteiger partial charge in [0.15, 0.2) is 0 Å². The standard InChI is InChI=1S/4C9H20.2C5H12/c4*1-5-7-9(3,4)8-6-2;2*1-3-5-4-2/h4*5-8H2,1-4H3;2*3-5H2,1-2H3. The molecule has 0 heterocycles. The van der Waals surface area contributed by atoms with Crippen LogP contribution < -0.4 is 0 Å². The summed E-state index contributed by atoms with van der Waals surface area (Å²) in [6.45, 7) is 45.8. The molecule has 0 amide bonds. The summed E-state index contributed by atoms with van der Waals surface area (Å²) in [4.78, 5) is 0. The van der Waals surface area contributed by atoms with Gasteiger partial charge in [-0.05, 0) is 73.0 Å². The maximum Gasteiger partial charge on any atom is -0.0354 e. The van der Waals surface area contributed by atoms with E-state index in [2.05, 4.69) is 138 Å². The van der Waals surface area contributed by atoms with Gasteiger partial charge in [-0.1, -0.05) is 228 Å². The molecule has 288 valence electrons. The number of hydrogen-bond acceptors (Lipinski definition) is 0. The van der Waals surface area contributed by atoms with Gasteiger partial charge in [0, 0.05) is 0 Å². The first kappa shape index (κ1) is 58.2. The van der Waals surface area contributed by atoms with E-state index in [1.807, 2.05) is 0 Å². The highest BCUT2D eigenvalue weighted by Crippen LogP contribution is 2.29. The van der Waals surface area contributed by atoms with Gasteiger partial charge in [0.2, 0.25) is 0 Å². The monoisotopic (exact) mass is 657 g/mol. The second-order valence-corrected chi connectivity index (χ2v) is 17.4. The summed E-state index contributed by atoms with van der Waals surface area (Å²) in [5.41, 5.74) is 2.40. The van der Waals surface area contributed by atoms with Gasteiger partial charge in [-0.15, -0.1) is 0 Å². The second kappa shape index (κ2) is 41.2. The van der Waals surface area contributed by atoms with Gasteiger partial charge in [0.25, 0.3) is 0 Å². The van der Waals surface area contributed by atoms with E-state index in [0.29, 0.717) is 21.7 Å². The van der Waals surface area contributed by atoms with Crippen molar-refractivity contribution in [3.63, 3.8) is 0 Å². The van der Waals surface area contributed by atoms with Crippen LogP contribution in [-0.2, 0) is 0 Å². The lowest BCUT2D eigenvalue weighted by atomic mass is 9.84. The highest BCUT2D eigenvalue weighted by atomic mass is 14.2. The van der Waals surface area contributed by atoms with Crippen LogP contribution in [0.1, 0.15) is 280 Å². The Bertz CT molecular complexity index is 370. The minimum absolute atomic E-state index is 0.601. The van der Waals surface area contributed by atoms with Crippen molar-refractivity contribution >= 4 is 0 Å². The molecular formula is C46H104. The normalized spacial score (nSPS) is 11.2. The van der Waals surface area contributed by atoms with Crippen LogP contribution in [0.3, 0.4) is 0 Å². The van der Waals surface area contributed by atoms with Crippen LogP contribution in [0.15, 0.2) is 0 Å². The van der Waals surface area contributed by atoms with Crippen molar-refractivity contribution in [3.05, 3.63) is 0 Å². The third kappa shape index (κ3) is 62.8. The molecule has 0 N–H and O–H groups in total. The predicted octanol–water partition coefficient (Wildman–Crippen LogP) is 18.8. The van der Waals surface area contributed by atoms with Crippen molar-refractivity contribution in [2.75, 3.05) is 0 Å². The van der Waals surface area contributed by atoms with E-state index in [9.17, 15) is 0 Å². The molecule has 0 unspecified atom stereocenters. The molecule has 0 fully saturated rings. The number of rotatable bonds is 20. The van der Waals surface area contributed by atoms with Crippen molar-refractivity contribution in [3.8, 4) is 0 Å². The maximum absolute atomic E-state index is 2.36. The molecule has 0 aromatic heterocycles. The summed E-state index contributed by atoms with van der Waals surface area (Å²) in [5.74, 6) is 0. The van der Waals surface area contributed by atoms with Gasteiger partial charge in [0.05, 0.1) is 0 Å². The first-order valence-electron chi connectivity index (χ1n) is 21.3. The van der Waals surface area contributed by atoms with Crippen LogP contribution in [0, 0.1) is 21.7 Å². The average Bonchev–Trinajstić information content (AvgIpc) is 2.91. The van der Waals surface area contributed by atoms with Crippen LogP contribution in [0.5, 0.6) is 0 Å². The van der Waals surface area contributed by atoms with Crippen molar-refractivity contribution in [2.45, 2.75) is 280 Å². The zero-order valence-electron chi connectivity index (χ0n) is 37.6. The Hall–Kier alpha value is 0. The SMILES string of the molecule is CCCC(C)(C)CCC.CCCC(C)(C)CCC.CCCC(C)(C)CCC.CCCC(C)(C)CCC.CCCCC.CCCCC. The summed E-state index contributed by atoms with van der Waals surface area (Å²) in [6.07, 6.45) is 29.8. The van der Waals surface area contributed by atoms with E-state index in [1.54, 1.807) is 0 Å². The van der Waals surface area contributed by atoms with Crippen LogP contribution in [0.2, 0.25) is 0 Å². The molecule has 0 rings (SSSR count). The highest BCUT2D eigenvalue weighted by molar-refractivity contribution is 4.68. The lowest BCUT2D eigenvalue weighted by Crippen LogP contribution is -2.09. The molecule has 0 saturated carbocycles. The molecular weight excluding hydrogens is 553 g/mol. The Morgan fingerprint density at radius 3 is 0.348 bits per heavy atom. The molecule has 0 atom stereocenters. The lowest BCUT2D eigenvalue weighted by Gasteiger charge is -2.22. The molecule has 0 saturated heterocycles. The van der Waals surface area contributed by atoms with Gasteiger partial charge >= 0.3 is 0 Å². The Balaban J connectivity index is -0.000000106. The first-order valence-corrected chi connectivity index (χ1v) is 21.3.